The number of aliphatic imine (C=N–C) groups is 2. The molecule has 0 saturated carbocycles. The second-order valence-electron chi connectivity index (χ2n) is 6.31. The van der Waals surface area contributed by atoms with Crippen molar-refractivity contribution >= 4 is 23.8 Å². The van der Waals surface area contributed by atoms with Crippen LogP contribution in [0.25, 0.3) is 0 Å². The standard InChI is InChI=1S/2C13H11NO.Co/c2*15-13-9-5-4-6-11(13)10-14-12-7-2-1-3-8-12;/h2*1-10,15H;. The third-order valence-corrected chi connectivity index (χ3v) is 4.09. The molecule has 157 valence electrons. The first-order chi connectivity index (χ1) is 14.7. The van der Waals surface area contributed by atoms with E-state index in [2.05, 4.69) is 9.98 Å². The molecule has 0 unspecified atom stereocenters. The van der Waals surface area contributed by atoms with Crippen LogP contribution < -0.4 is 0 Å². The van der Waals surface area contributed by atoms with Gasteiger partial charge in [0.2, 0.25) is 0 Å². The van der Waals surface area contributed by atoms with Gasteiger partial charge in [0.25, 0.3) is 0 Å². The van der Waals surface area contributed by atoms with Gasteiger partial charge in [-0.25, -0.2) is 0 Å². The fraction of sp³-hybridized carbons (Fsp3) is 0. The maximum absolute atomic E-state index is 9.50. The van der Waals surface area contributed by atoms with Gasteiger partial charge in [-0.3, -0.25) is 9.98 Å². The van der Waals surface area contributed by atoms with E-state index in [0.717, 1.165) is 22.5 Å². The van der Waals surface area contributed by atoms with Gasteiger partial charge in [0, 0.05) is 40.3 Å². The van der Waals surface area contributed by atoms with E-state index in [0.29, 0.717) is 0 Å². The summed E-state index contributed by atoms with van der Waals surface area (Å²) in [5, 5.41) is 19.0. The average Bonchev–Trinajstić information content (AvgIpc) is 2.80. The van der Waals surface area contributed by atoms with Gasteiger partial charge in [0.05, 0.1) is 11.4 Å². The first-order valence-electron chi connectivity index (χ1n) is 9.46. The summed E-state index contributed by atoms with van der Waals surface area (Å²) in [6.45, 7) is 0. The number of phenols is 2. The molecule has 0 fully saturated rings. The molecule has 0 heterocycles. The van der Waals surface area contributed by atoms with Crippen LogP contribution in [0.5, 0.6) is 11.5 Å². The van der Waals surface area contributed by atoms with Crippen molar-refractivity contribution in [2.75, 3.05) is 0 Å². The molecule has 0 aliphatic heterocycles. The minimum Gasteiger partial charge on any atom is -0.507 e. The van der Waals surface area contributed by atoms with Crippen molar-refractivity contribution in [3.8, 4) is 11.5 Å². The summed E-state index contributed by atoms with van der Waals surface area (Å²) in [5.41, 5.74) is 3.20. The van der Waals surface area contributed by atoms with Crippen molar-refractivity contribution in [1.82, 2.24) is 0 Å². The zero-order chi connectivity index (χ0) is 21.0. The Hall–Kier alpha value is -3.67. The van der Waals surface area contributed by atoms with E-state index in [1.807, 2.05) is 84.9 Å². The summed E-state index contributed by atoms with van der Waals surface area (Å²) in [4.78, 5) is 8.50. The van der Waals surface area contributed by atoms with E-state index >= 15 is 0 Å². The number of phenolic OH excluding ortho intramolecular Hbond substituents is 2. The van der Waals surface area contributed by atoms with Crippen molar-refractivity contribution in [2.24, 2.45) is 9.98 Å². The van der Waals surface area contributed by atoms with Gasteiger partial charge < -0.3 is 10.2 Å². The molecule has 0 atom stereocenters. The zero-order valence-electron chi connectivity index (χ0n) is 16.7. The van der Waals surface area contributed by atoms with Crippen molar-refractivity contribution < 1.29 is 27.0 Å². The molecule has 31 heavy (non-hydrogen) atoms. The molecule has 0 amide bonds. The van der Waals surface area contributed by atoms with E-state index in [1.54, 1.807) is 36.7 Å². The molecule has 1 radical (unpaired) electrons. The first kappa shape index (κ1) is 23.6. The number of benzene rings is 4. The molecular formula is C26H22CoN2O2. The van der Waals surface area contributed by atoms with Crippen LogP contribution in [0.15, 0.2) is 119 Å². The van der Waals surface area contributed by atoms with Crippen molar-refractivity contribution in [1.29, 1.82) is 0 Å². The predicted molar refractivity (Wildman–Crippen MR) is 124 cm³/mol. The molecule has 0 spiro atoms. The van der Waals surface area contributed by atoms with Crippen LogP contribution in [0.1, 0.15) is 11.1 Å². The van der Waals surface area contributed by atoms with Crippen molar-refractivity contribution in [2.45, 2.75) is 0 Å². The van der Waals surface area contributed by atoms with Gasteiger partial charge in [0.15, 0.2) is 0 Å². The van der Waals surface area contributed by atoms with Crippen LogP contribution in [-0.2, 0) is 16.8 Å². The Labute approximate surface area is 192 Å². The van der Waals surface area contributed by atoms with Crippen LogP contribution in [0, 0.1) is 0 Å². The Morgan fingerprint density at radius 1 is 0.452 bits per heavy atom. The fourth-order valence-electron chi connectivity index (χ4n) is 2.51. The van der Waals surface area contributed by atoms with Gasteiger partial charge in [-0.05, 0) is 48.5 Å². The summed E-state index contributed by atoms with van der Waals surface area (Å²) in [6, 6.07) is 33.5. The van der Waals surface area contributed by atoms with Crippen LogP contribution in [0.4, 0.5) is 11.4 Å². The van der Waals surface area contributed by atoms with Gasteiger partial charge >= 0.3 is 0 Å². The number of para-hydroxylation sites is 4. The molecule has 4 aromatic rings. The van der Waals surface area contributed by atoms with Crippen LogP contribution >= 0.6 is 0 Å². The number of aromatic hydroxyl groups is 2. The minimum absolute atomic E-state index is 0. The number of rotatable bonds is 4. The number of nitrogens with zero attached hydrogens (tertiary/aromatic N) is 2. The Balaban J connectivity index is 0.000000213. The molecule has 0 bridgehead atoms. The molecule has 0 aliphatic rings. The molecule has 2 N–H and O–H groups in total. The van der Waals surface area contributed by atoms with Gasteiger partial charge in [-0.1, -0.05) is 60.7 Å². The Morgan fingerprint density at radius 3 is 1.13 bits per heavy atom. The topological polar surface area (TPSA) is 65.2 Å². The molecular weight excluding hydrogens is 431 g/mol. The predicted octanol–water partition coefficient (Wildman–Crippen LogP) is 6.28. The van der Waals surface area contributed by atoms with Gasteiger partial charge in [-0.2, -0.15) is 0 Å². The Morgan fingerprint density at radius 2 is 0.774 bits per heavy atom. The monoisotopic (exact) mass is 453 g/mol. The Bertz CT molecular complexity index is 1020. The first-order valence-corrected chi connectivity index (χ1v) is 9.46. The van der Waals surface area contributed by atoms with E-state index in [4.69, 9.17) is 0 Å². The molecule has 4 nitrogen and oxygen atoms in total. The van der Waals surface area contributed by atoms with E-state index in [1.165, 1.54) is 0 Å². The second-order valence-corrected chi connectivity index (χ2v) is 6.31. The molecule has 4 rings (SSSR count). The quantitative estimate of drug-likeness (QED) is 0.357. The maximum Gasteiger partial charge on any atom is 0.124 e. The zero-order valence-corrected chi connectivity index (χ0v) is 17.7. The Kier molecular flexibility index (Phi) is 9.74. The van der Waals surface area contributed by atoms with Crippen LogP contribution in [0.3, 0.4) is 0 Å². The number of hydrogen-bond donors (Lipinski definition) is 2. The van der Waals surface area contributed by atoms with E-state index in [9.17, 15) is 10.2 Å². The largest absolute Gasteiger partial charge is 0.507 e. The number of hydrogen-bond acceptors (Lipinski definition) is 4. The third kappa shape index (κ3) is 7.93. The van der Waals surface area contributed by atoms with Crippen LogP contribution in [0.2, 0.25) is 0 Å². The molecule has 0 saturated heterocycles. The van der Waals surface area contributed by atoms with E-state index in [-0.39, 0.29) is 28.3 Å². The second kappa shape index (κ2) is 12.8. The third-order valence-electron chi connectivity index (χ3n) is 4.09. The fourth-order valence-corrected chi connectivity index (χ4v) is 2.51. The summed E-state index contributed by atoms with van der Waals surface area (Å²) in [7, 11) is 0. The van der Waals surface area contributed by atoms with Crippen molar-refractivity contribution in [3.05, 3.63) is 120 Å². The smallest absolute Gasteiger partial charge is 0.124 e. The molecule has 4 aromatic carbocycles. The SMILES string of the molecule is Oc1ccccc1C=Nc1ccccc1.Oc1ccccc1C=Nc1ccccc1.[Co]. The van der Waals surface area contributed by atoms with E-state index < -0.39 is 0 Å². The summed E-state index contributed by atoms with van der Waals surface area (Å²) < 4.78 is 0. The molecule has 0 aliphatic carbocycles. The normalized spacial score (nSPS) is 10.3. The average molecular weight is 453 g/mol. The molecule has 0 aromatic heterocycles. The summed E-state index contributed by atoms with van der Waals surface area (Å²) >= 11 is 0. The summed E-state index contributed by atoms with van der Waals surface area (Å²) in [5.74, 6) is 0.495. The minimum atomic E-state index is 0. The molecule has 5 heteroatoms. The van der Waals surface area contributed by atoms with Gasteiger partial charge in [0.1, 0.15) is 11.5 Å². The van der Waals surface area contributed by atoms with Crippen LogP contribution in [-0.4, -0.2) is 22.6 Å². The van der Waals surface area contributed by atoms with Gasteiger partial charge in [-0.15, -0.1) is 0 Å². The summed E-state index contributed by atoms with van der Waals surface area (Å²) in [6.07, 6.45) is 3.31. The van der Waals surface area contributed by atoms with Crippen molar-refractivity contribution in [3.63, 3.8) is 0 Å². The maximum atomic E-state index is 9.50.